The molecule has 118 valence electrons. The van der Waals surface area contributed by atoms with Crippen molar-refractivity contribution in [2.75, 3.05) is 30.4 Å². The van der Waals surface area contributed by atoms with Crippen molar-refractivity contribution < 1.29 is 5.11 Å². The summed E-state index contributed by atoms with van der Waals surface area (Å²) >= 11 is 0. The molecule has 0 amide bonds. The van der Waals surface area contributed by atoms with Gasteiger partial charge in [0.15, 0.2) is 0 Å². The number of rotatable bonds is 5. The number of anilines is 2. The Bertz CT molecular complexity index is 478. The maximum absolute atomic E-state index is 9.41. The first-order chi connectivity index (χ1) is 9.79. The molecule has 0 saturated heterocycles. The average Bonchev–Trinajstić information content (AvgIpc) is 2.36. The Kier molecular flexibility index (Phi) is 4.71. The quantitative estimate of drug-likeness (QED) is 0.872. The molecule has 2 N–H and O–H groups in total. The van der Waals surface area contributed by atoms with Crippen LogP contribution in [0, 0.1) is 5.92 Å². The molecule has 0 aliphatic heterocycles. The molecule has 1 aromatic heterocycles. The van der Waals surface area contributed by atoms with E-state index in [2.05, 4.69) is 49.9 Å². The molecule has 0 atom stereocenters. The standard InChI is InChI=1S/C16H28N4O/c1-6-17-13-9-14(19-15(18-13)16(2,3)4)20(5)10-11-7-12(21)8-11/h9,11-12,21H,6-8,10H2,1-5H3,(H,17,18,19). The zero-order valence-electron chi connectivity index (χ0n) is 13.8. The Balaban J connectivity index is 2.18. The molecule has 5 heteroatoms. The molecule has 0 unspecified atom stereocenters. The van der Waals surface area contributed by atoms with Gasteiger partial charge in [0, 0.05) is 31.6 Å². The Morgan fingerprint density at radius 3 is 2.52 bits per heavy atom. The SMILES string of the molecule is CCNc1cc(N(C)CC2CC(O)C2)nc(C(C)(C)C)n1. The predicted octanol–water partition coefficient (Wildman–Crippen LogP) is 2.41. The van der Waals surface area contributed by atoms with Crippen LogP contribution in [0.2, 0.25) is 0 Å². The monoisotopic (exact) mass is 292 g/mol. The molecule has 2 rings (SSSR count). The number of aliphatic hydroxyl groups excluding tert-OH is 1. The predicted molar refractivity (Wildman–Crippen MR) is 86.9 cm³/mol. The van der Waals surface area contributed by atoms with Gasteiger partial charge in [0.1, 0.15) is 17.5 Å². The Morgan fingerprint density at radius 1 is 1.33 bits per heavy atom. The van der Waals surface area contributed by atoms with Gasteiger partial charge in [0.05, 0.1) is 6.10 Å². The summed E-state index contributed by atoms with van der Waals surface area (Å²) in [6.45, 7) is 10.2. The van der Waals surface area contributed by atoms with Crippen LogP contribution in [0.25, 0.3) is 0 Å². The van der Waals surface area contributed by atoms with Gasteiger partial charge >= 0.3 is 0 Å². The molecule has 5 nitrogen and oxygen atoms in total. The zero-order valence-corrected chi connectivity index (χ0v) is 13.8. The second-order valence-corrected chi connectivity index (χ2v) is 7.09. The van der Waals surface area contributed by atoms with Gasteiger partial charge in [-0.1, -0.05) is 20.8 Å². The molecule has 0 aromatic carbocycles. The summed E-state index contributed by atoms with van der Waals surface area (Å²) in [4.78, 5) is 11.5. The van der Waals surface area contributed by atoms with Gasteiger partial charge in [-0.15, -0.1) is 0 Å². The van der Waals surface area contributed by atoms with Crippen LogP contribution in [-0.4, -0.2) is 41.3 Å². The minimum atomic E-state index is -0.101. The maximum atomic E-state index is 9.41. The van der Waals surface area contributed by atoms with Gasteiger partial charge in [-0.25, -0.2) is 9.97 Å². The van der Waals surface area contributed by atoms with Crippen molar-refractivity contribution in [3.63, 3.8) is 0 Å². The lowest BCUT2D eigenvalue weighted by atomic mass is 9.82. The summed E-state index contributed by atoms with van der Waals surface area (Å²) in [7, 11) is 2.06. The third-order valence-electron chi connectivity index (χ3n) is 3.88. The van der Waals surface area contributed by atoms with Gasteiger partial charge in [0.2, 0.25) is 0 Å². The van der Waals surface area contributed by atoms with Gasteiger partial charge in [-0.05, 0) is 25.7 Å². The third-order valence-corrected chi connectivity index (χ3v) is 3.88. The molecule has 1 saturated carbocycles. The fourth-order valence-electron chi connectivity index (χ4n) is 2.57. The topological polar surface area (TPSA) is 61.3 Å². The van der Waals surface area contributed by atoms with Crippen molar-refractivity contribution >= 4 is 11.6 Å². The van der Waals surface area contributed by atoms with Crippen molar-refractivity contribution in [1.29, 1.82) is 0 Å². The van der Waals surface area contributed by atoms with E-state index in [4.69, 9.17) is 4.98 Å². The van der Waals surface area contributed by atoms with E-state index < -0.39 is 0 Å². The smallest absolute Gasteiger partial charge is 0.138 e. The van der Waals surface area contributed by atoms with E-state index in [0.717, 1.165) is 43.4 Å². The van der Waals surface area contributed by atoms with Crippen molar-refractivity contribution in [1.82, 2.24) is 9.97 Å². The van der Waals surface area contributed by atoms with Crippen LogP contribution in [0.4, 0.5) is 11.6 Å². The van der Waals surface area contributed by atoms with Crippen LogP contribution in [0.3, 0.4) is 0 Å². The number of aliphatic hydroxyl groups is 1. The first kappa shape index (κ1) is 16.0. The number of aromatic nitrogens is 2. The highest BCUT2D eigenvalue weighted by atomic mass is 16.3. The molecule has 1 aromatic rings. The Labute approximate surface area is 127 Å². The van der Waals surface area contributed by atoms with E-state index in [1.54, 1.807) is 0 Å². The highest BCUT2D eigenvalue weighted by molar-refractivity contribution is 5.49. The first-order valence-electron chi connectivity index (χ1n) is 7.82. The van der Waals surface area contributed by atoms with Crippen LogP contribution in [0.1, 0.15) is 46.4 Å². The van der Waals surface area contributed by atoms with Gasteiger partial charge < -0.3 is 15.3 Å². The van der Waals surface area contributed by atoms with Crippen molar-refractivity contribution in [3.8, 4) is 0 Å². The lowest BCUT2D eigenvalue weighted by Gasteiger charge is -2.35. The van der Waals surface area contributed by atoms with Crippen LogP contribution >= 0.6 is 0 Å². The molecular formula is C16H28N4O. The molecular weight excluding hydrogens is 264 g/mol. The summed E-state index contributed by atoms with van der Waals surface area (Å²) in [5.41, 5.74) is -0.0757. The lowest BCUT2D eigenvalue weighted by Crippen LogP contribution is -2.37. The Hall–Kier alpha value is -1.36. The average molecular weight is 292 g/mol. The van der Waals surface area contributed by atoms with Crippen LogP contribution in [-0.2, 0) is 5.41 Å². The number of nitrogens with one attached hydrogen (secondary N) is 1. The summed E-state index contributed by atoms with van der Waals surface area (Å²) in [5, 5.41) is 12.7. The molecule has 21 heavy (non-hydrogen) atoms. The fraction of sp³-hybridized carbons (Fsp3) is 0.750. The van der Waals surface area contributed by atoms with E-state index in [1.807, 2.05) is 6.07 Å². The molecule has 1 heterocycles. The molecule has 1 fully saturated rings. The maximum Gasteiger partial charge on any atom is 0.138 e. The second kappa shape index (κ2) is 6.18. The summed E-state index contributed by atoms with van der Waals surface area (Å²) in [6, 6.07) is 2.01. The second-order valence-electron chi connectivity index (χ2n) is 7.09. The number of hydrogen-bond donors (Lipinski definition) is 2. The highest BCUT2D eigenvalue weighted by Crippen LogP contribution is 2.30. The van der Waals surface area contributed by atoms with Crippen LogP contribution in [0.5, 0.6) is 0 Å². The highest BCUT2D eigenvalue weighted by Gasteiger charge is 2.28. The van der Waals surface area contributed by atoms with Gasteiger partial charge in [-0.2, -0.15) is 0 Å². The van der Waals surface area contributed by atoms with Gasteiger partial charge in [-0.3, -0.25) is 0 Å². The third kappa shape index (κ3) is 4.06. The van der Waals surface area contributed by atoms with E-state index in [-0.39, 0.29) is 11.5 Å². The van der Waals surface area contributed by atoms with Crippen LogP contribution < -0.4 is 10.2 Å². The van der Waals surface area contributed by atoms with Crippen LogP contribution in [0.15, 0.2) is 6.07 Å². The summed E-state index contributed by atoms with van der Waals surface area (Å²) in [6.07, 6.45) is 1.71. The normalized spacial score (nSPS) is 21.8. The largest absolute Gasteiger partial charge is 0.393 e. The van der Waals surface area contributed by atoms with E-state index in [0.29, 0.717) is 5.92 Å². The van der Waals surface area contributed by atoms with E-state index in [1.165, 1.54) is 0 Å². The van der Waals surface area contributed by atoms with E-state index in [9.17, 15) is 5.11 Å². The summed E-state index contributed by atoms with van der Waals surface area (Å²) < 4.78 is 0. The van der Waals surface area contributed by atoms with Crippen molar-refractivity contribution in [3.05, 3.63) is 11.9 Å². The van der Waals surface area contributed by atoms with Crippen molar-refractivity contribution in [2.45, 2.75) is 52.1 Å². The van der Waals surface area contributed by atoms with Gasteiger partial charge in [0.25, 0.3) is 0 Å². The van der Waals surface area contributed by atoms with E-state index >= 15 is 0 Å². The number of hydrogen-bond acceptors (Lipinski definition) is 5. The zero-order chi connectivity index (χ0) is 15.6. The molecule has 1 aliphatic carbocycles. The fourth-order valence-corrected chi connectivity index (χ4v) is 2.57. The molecule has 0 spiro atoms. The number of nitrogens with zero attached hydrogens (tertiary/aromatic N) is 3. The lowest BCUT2D eigenvalue weighted by molar-refractivity contribution is 0.0464. The Morgan fingerprint density at radius 2 is 2.00 bits per heavy atom. The molecule has 0 radical (unpaired) electrons. The minimum absolute atomic E-state index is 0.0757. The summed E-state index contributed by atoms with van der Waals surface area (Å²) in [5.74, 6) is 3.26. The molecule has 1 aliphatic rings. The van der Waals surface area contributed by atoms with Crippen molar-refractivity contribution in [2.24, 2.45) is 5.92 Å². The first-order valence-corrected chi connectivity index (χ1v) is 7.82. The minimum Gasteiger partial charge on any atom is -0.393 e. The molecule has 0 bridgehead atoms.